The van der Waals surface area contributed by atoms with Crippen molar-refractivity contribution < 1.29 is 19.7 Å². The summed E-state index contributed by atoms with van der Waals surface area (Å²) < 4.78 is 10.3. The van der Waals surface area contributed by atoms with Crippen LogP contribution in [0.25, 0.3) is 21.8 Å². The molecule has 7 heteroatoms. The first-order valence-electron chi connectivity index (χ1n) is 8.42. The topological polar surface area (TPSA) is 84.7 Å². The van der Waals surface area contributed by atoms with Gasteiger partial charge in [-0.2, -0.15) is 0 Å². The Kier molecular flexibility index (Phi) is 5.42. The number of phenols is 2. The lowest BCUT2D eigenvalue weighted by Crippen LogP contribution is -1.97. The largest absolute Gasteiger partial charge is 0.503 e. The molecule has 0 aliphatic carbocycles. The summed E-state index contributed by atoms with van der Waals surface area (Å²) in [4.78, 5) is 9.12. The maximum atomic E-state index is 10.3. The molecule has 4 rings (SSSR count). The molecule has 0 aliphatic heterocycles. The van der Waals surface area contributed by atoms with Gasteiger partial charge in [-0.1, -0.05) is 12.1 Å². The first-order chi connectivity index (χ1) is 13.1. The van der Waals surface area contributed by atoms with Crippen LogP contribution in [0.3, 0.4) is 0 Å². The third-order valence-electron chi connectivity index (χ3n) is 4.51. The van der Waals surface area contributed by atoms with E-state index in [1.807, 2.05) is 36.4 Å². The number of ether oxygens (including phenoxy) is 2. The van der Waals surface area contributed by atoms with Crippen LogP contribution >= 0.6 is 12.4 Å². The number of aromatic nitrogens is 2. The average Bonchev–Trinajstić information content (AvgIpc) is 2.69. The van der Waals surface area contributed by atoms with Crippen molar-refractivity contribution in [3.05, 3.63) is 59.9 Å². The van der Waals surface area contributed by atoms with E-state index in [2.05, 4.69) is 9.97 Å². The summed E-state index contributed by atoms with van der Waals surface area (Å²) in [6.07, 6.45) is 0.458. The number of phenolic OH excluding ortho intramolecular Hbond substituents is 2. The number of hydrogen-bond acceptors (Lipinski definition) is 6. The molecule has 0 atom stereocenters. The standard InChI is InChI=1S/C21H18N2O4.ClH/c1-26-16-9-5-12-3-7-14(22-18(12)20(16)24)11-15-8-4-13-6-10-17(27-2)21(25)19(13)23-15;/h3-10,24-25H,11H2,1-2H3;1H. The van der Waals surface area contributed by atoms with Crippen LogP contribution in [-0.2, 0) is 6.42 Å². The third-order valence-corrected chi connectivity index (χ3v) is 4.51. The van der Waals surface area contributed by atoms with Gasteiger partial charge in [0.2, 0.25) is 0 Å². The van der Waals surface area contributed by atoms with E-state index >= 15 is 0 Å². The summed E-state index contributed by atoms with van der Waals surface area (Å²) in [5.74, 6) is 0.803. The minimum absolute atomic E-state index is 0. The average molecular weight is 399 g/mol. The van der Waals surface area contributed by atoms with Crippen LogP contribution in [0, 0.1) is 0 Å². The summed E-state index contributed by atoms with van der Waals surface area (Å²) in [6.45, 7) is 0. The molecule has 144 valence electrons. The SMILES string of the molecule is COc1ccc2ccc(Cc3ccc4ccc(OC)c(O)c4n3)nc2c1O.Cl. The van der Waals surface area contributed by atoms with Gasteiger partial charge in [-0.3, -0.25) is 0 Å². The number of nitrogens with zero attached hydrogens (tertiary/aromatic N) is 2. The second-order valence-electron chi connectivity index (χ2n) is 6.16. The fraction of sp³-hybridized carbons (Fsp3) is 0.143. The Morgan fingerprint density at radius 1 is 0.679 bits per heavy atom. The van der Waals surface area contributed by atoms with Gasteiger partial charge in [-0.25, -0.2) is 9.97 Å². The second kappa shape index (κ2) is 7.78. The normalized spacial score (nSPS) is 10.6. The molecule has 2 heterocycles. The molecule has 0 saturated carbocycles. The van der Waals surface area contributed by atoms with Gasteiger partial charge >= 0.3 is 0 Å². The lowest BCUT2D eigenvalue weighted by molar-refractivity contribution is 0.376. The molecule has 4 aromatic rings. The van der Waals surface area contributed by atoms with Crippen molar-refractivity contribution in [2.45, 2.75) is 6.42 Å². The maximum absolute atomic E-state index is 10.3. The Bertz CT molecular complexity index is 1070. The fourth-order valence-corrected chi connectivity index (χ4v) is 3.10. The van der Waals surface area contributed by atoms with E-state index < -0.39 is 0 Å². The minimum atomic E-state index is 0. The fourth-order valence-electron chi connectivity index (χ4n) is 3.10. The van der Waals surface area contributed by atoms with Crippen LogP contribution < -0.4 is 9.47 Å². The third kappa shape index (κ3) is 3.34. The molecular weight excluding hydrogens is 380 g/mol. The Balaban J connectivity index is 0.00000225. The van der Waals surface area contributed by atoms with Crippen molar-refractivity contribution in [3.63, 3.8) is 0 Å². The molecule has 0 unspecified atom stereocenters. The van der Waals surface area contributed by atoms with Crippen molar-refractivity contribution in [1.82, 2.24) is 9.97 Å². The second-order valence-corrected chi connectivity index (χ2v) is 6.16. The van der Waals surface area contributed by atoms with Crippen molar-refractivity contribution in [2.75, 3.05) is 14.2 Å². The molecule has 0 bridgehead atoms. The van der Waals surface area contributed by atoms with E-state index in [1.54, 1.807) is 12.1 Å². The smallest absolute Gasteiger partial charge is 0.184 e. The summed E-state index contributed by atoms with van der Waals surface area (Å²) >= 11 is 0. The van der Waals surface area contributed by atoms with Crippen molar-refractivity contribution >= 4 is 34.2 Å². The van der Waals surface area contributed by atoms with Crippen molar-refractivity contribution in [1.29, 1.82) is 0 Å². The lowest BCUT2D eigenvalue weighted by atomic mass is 10.1. The van der Waals surface area contributed by atoms with Gasteiger partial charge in [0.25, 0.3) is 0 Å². The Hall–Kier alpha value is -3.25. The predicted octanol–water partition coefficient (Wildman–Crippen LogP) is 4.22. The van der Waals surface area contributed by atoms with Crippen LogP contribution in [0.4, 0.5) is 0 Å². The highest BCUT2D eigenvalue weighted by molar-refractivity contribution is 5.88. The molecular formula is C21H19ClN2O4. The van der Waals surface area contributed by atoms with Gasteiger partial charge in [-0.15, -0.1) is 12.4 Å². The predicted molar refractivity (Wildman–Crippen MR) is 110 cm³/mol. The monoisotopic (exact) mass is 398 g/mol. The number of hydrogen-bond donors (Lipinski definition) is 2. The molecule has 0 saturated heterocycles. The zero-order valence-corrected chi connectivity index (χ0v) is 16.2. The zero-order chi connectivity index (χ0) is 19.0. The number of halogens is 1. The molecule has 0 spiro atoms. The first-order valence-corrected chi connectivity index (χ1v) is 8.42. The molecule has 0 fully saturated rings. The minimum Gasteiger partial charge on any atom is -0.503 e. The molecule has 6 nitrogen and oxygen atoms in total. The molecule has 0 aliphatic rings. The van der Waals surface area contributed by atoms with Crippen LogP contribution in [0.2, 0.25) is 0 Å². The molecule has 0 radical (unpaired) electrons. The van der Waals surface area contributed by atoms with E-state index in [1.165, 1.54) is 14.2 Å². The Morgan fingerprint density at radius 2 is 1.07 bits per heavy atom. The molecule has 2 aromatic heterocycles. The molecule has 0 amide bonds. The number of rotatable bonds is 4. The van der Waals surface area contributed by atoms with Crippen LogP contribution in [0.1, 0.15) is 11.4 Å². The molecule has 2 N–H and O–H groups in total. The zero-order valence-electron chi connectivity index (χ0n) is 15.3. The van der Waals surface area contributed by atoms with Crippen LogP contribution in [0.15, 0.2) is 48.5 Å². The highest BCUT2D eigenvalue weighted by Crippen LogP contribution is 2.34. The number of aromatic hydroxyl groups is 2. The number of fused-ring (bicyclic) bond motifs is 2. The first kappa shape index (κ1) is 19.5. The summed E-state index contributed by atoms with van der Waals surface area (Å²) in [7, 11) is 3.01. The summed E-state index contributed by atoms with van der Waals surface area (Å²) in [6, 6.07) is 14.7. The van der Waals surface area contributed by atoms with E-state index in [0.717, 1.165) is 22.2 Å². The molecule has 2 aromatic carbocycles. The van der Waals surface area contributed by atoms with E-state index in [0.29, 0.717) is 29.0 Å². The van der Waals surface area contributed by atoms with Gasteiger partial charge in [0, 0.05) is 28.6 Å². The highest BCUT2D eigenvalue weighted by Gasteiger charge is 2.12. The summed E-state index contributed by atoms with van der Waals surface area (Å²) in [5.41, 5.74) is 2.47. The van der Waals surface area contributed by atoms with Crippen LogP contribution in [0.5, 0.6) is 23.0 Å². The van der Waals surface area contributed by atoms with E-state index in [-0.39, 0.29) is 23.9 Å². The quantitative estimate of drug-likeness (QED) is 0.535. The number of benzene rings is 2. The highest BCUT2D eigenvalue weighted by atomic mass is 35.5. The van der Waals surface area contributed by atoms with Gasteiger partial charge in [0.1, 0.15) is 11.0 Å². The van der Waals surface area contributed by atoms with Gasteiger partial charge in [-0.05, 0) is 36.4 Å². The van der Waals surface area contributed by atoms with E-state index in [4.69, 9.17) is 9.47 Å². The van der Waals surface area contributed by atoms with E-state index in [9.17, 15) is 10.2 Å². The Labute approximate surface area is 167 Å². The van der Waals surface area contributed by atoms with Gasteiger partial charge in [0.15, 0.2) is 23.0 Å². The lowest BCUT2D eigenvalue weighted by Gasteiger charge is -2.09. The summed E-state index contributed by atoms with van der Waals surface area (Å²) in [5, 5.41) is 22.3. The number of methoxy groups -OCH3 is 2. The Morgan fingerprint density at radius 3 is 1.46 bits per heavy atom. The van der Waals surface area contributed by atoms with Crippen molar-refractivity contribution in [2.24, 2.45) is 0 Å². The van der Waals surface area contributed by atoms with Crippen LogP contribution in [-0.4, -0.2) is 34.4 Å². The van der Waals surface area contributed by atoms with Gasteiger partial charge in [0.05, 0.1) is 14.2 Å². The molecule has 28 heavy (non-hydrogen) atoms. The van der Waals surface area contributed by atoms with Crippen molar-refractivity contribution in [3.8, 4) is 23.0 Å². The number of pyridine rings is 2. The maximum Gasteiger partial charge on any atom is 0.184 e. The van der Waals surface area contributed by atoms with Gasteiger partial charge < -0.3 is 19.7 Å².